The van der Waals surface area contributed by atoms with Crippen LogP contribution in [0.1, 0.15) is 101 Å². The van der Waals surface area contributed by atoms with Crippen LogP contribution in [0, 0.1) is 23.2 Å². The first kappa shape index (κ1) is 23.1. The Morgan fingerprint density at radius 1 is 1.00 bits per heavy atom. The maximum Gasteiger partial charge on any atom is 0.115 e. The van der Waals surface area contributed by atoms with Gasteiger partial charge in [-0.25, -0.2) is 0 Å². The summed E-state index contributed by atoms with van der Waals surface area (Å²) in [6.07, 6.45) is 16.4. The molecule has 0 bridgehead atoms. The summed E-state index contributed by atoms with van der Waals surface area (Å²) in [5.74, 6) is 3.15. The monoisotopic (exact) mass is 427 g/mol. The van der Waals surface area contributed by atoms with Crippen LogP contribution < -0.4 is 5.32 Å². The van der Waals surface area contributed by atoms with Crippen LogP contribution in [0.2, 0.25) is 0 Å². The maximum absolute atomic E-state index is 10.8. The van der Waals surface area contributed by atoms with Crippen molar-refractivity contribution < 1.29 is 10.2 Å². The van der Waals surface area contributed by atoms with E-state index in [1.54, 1.807) is 0 Å². The summed E-state index contributed by atoms with van der Waals surface area (Å²) in [5, 5.41) is 24.2. The summed E-state index contributed by atoms with van der Waals surface area (Å²) in [6, 6.07) is 6.14. The Morgan fingerprint density at radius 3 is 2.52 bits per heavy atom. The van der Waals surface area contributed by atoms with E-state index in [-0.39, 0.29) is 11.5 Å². The first-order valence-corrected chi connectivity index (χ1v) is 13.2. The first-order valence-electron chi connectivity index (χ1n) is 13.2. The van der Waals surface area contributed by atoms with Gasteiger partial charge >= 0.3 is 0 Å². The lowest BCUT2D eigenvalue weighted by Crippen LogP contribution is -2.47. The number of hydrogen-bond acceptors (Lipinski definition) is 3. The molecule has 2 fully saturated rings. The molecule has 3 aliphatic carbocycles. The third-order valence-electron chi connectivity index (χ3n) is 9.34. The SMILES string of the molecule is CNCCCCCCCCC[C@@H]1Cc2cc(O)ccc2[C@H]2CC[C@]3(C)[C@@H](O)CC[C@H]3[C@H]12. The molecule has 0 radical (unpaired) electrons. The highest BCUT2D eigenvalue weighted by molar-refractivity contribution is 5.40. The molecule has 0 amide bonds. The molecule has 0 unspecified atom stereocenters. The lowest BCUT2D eigenvalue weighted by atomic mass is 9.52. The lowest BCUT2D eigenvalue weighted by molar-refractivity contribution is -0.0396. The summed E-state index contributed by atoms with van der Waals surface area (Å²) >= 11 is 0. The second-order valence-electron chi connectivity index (χ2n) is 11.1. The van der Waals surface area contributed by atoms with E-state index in [1.165, 1.54) is 75.3 Å². The standard InChI is InChI=1S/C28H45NO2/c1-28-16-15-24-23-12-11-22(30)19-21(23)18-20(27(24)25(28)13-14-26(28)31)10-8-6-4-3-5-7-9-17-29-2/h11-12,19-20,24-27,29-31H,3-10,13-18H2,1-2H3/t20-,24-,25+,26+,27-,28+/m1/s1. The van der Waals surface area contributed by atoms with Gasteiger partial charge in [-0.3, -0.25) is 0 Å². The van der Waals surface area contributed by atoms with Gasteiger partial charge in [0.2, 0.25) is 0 Å². The molecule has 6 atom stereocenters. The van der Waals surface area contributed by atoms with Crippen LogP contribution in [0.25, 0.3) is 0 Å². The van der Waals surface area contributed by atoms with Gasteiger partial charge in [-0.2, -0.15) is 0 Å². The zero-order valence-corrected chi connectivity index (χ0v) is 19.9. The van der Waals surface area contributed by atoms with Gasteiger partial charge in [0, 0.05) is 0 Å². The van der Waals surface area contributed by atoms with Gasteiger partial charge in [-0.1, -0.05) is 51.5 Å². The molecule has 1 aromatic rings. The van der Waals surface area contributed by atoms with E-state index in [4.69, 9.17) is 0 Å². The lowest BCUT2D eigenvalue weighted by Gasteiger charge is -2.53. The molecule has 0 aromatic heterocycles. The van der Waals surface area contributed by atoms with Crippen molar-refractivity contribution in [3.05, 3.63) is 29.3 Å². The number of aliphatic hydroxyl groups excluding tert-OH is 1. The first-order chi connectivity index (χ1) is 15.0. The Hall–Kier alpha value is -1.06. The second kappa shape index (κ2) is 10.3. The second-order valence-corrected chi connectivity index (χ2v) is 11.1. The fourth-order valence-electron chi connectivity index (χ4n) is 7.62. The van der Waals surface area contributed by atoms with Crippen LogP contribution in [0.4, 0.5) is 0 Å². The molecule has 4 rings (SSSR count). The fraction of sp³-hybridized carbons (Fsp3) is 0.786. The molecule has 31 heavy (non-hydrogen) atoms. The highest BCUT2D eigenvalue weighted by Crippen LogP contribution is 2.62. The van der Waals surface area contributed by atoms with E-state index in [9.17, 15) is 10.2 Å². The average Bonchev–Trinajstić information content (AvgIpc) is 3.06. The minimum Gasteiger partial charge on any atom is -0.508 e. The zero-order valence-electron chi connectivity index (χ0n) is 19.9. The van der Waals surface area contributed by atoms with E-state index in [0.29, 0.717) is 23.5 Å². The maximum atomic E-state index is 10.8. The number of phenolic OH excluding ortho intramolecular Hbond substituents is 1. The van der Waals surface area contributed by atoms with Crippen molar-refractivity contribution in [3.8, 4) is 5.75 Å². The largest absolute Gasteiger partial charge is 0.508 e. The molecule has 0 aliphatic heterocycles. The predicted molar refractivity (Wildman–Crippen MR) is 128 cm³/mol. The quantitative estimate of drug-likeness (QED) is 0.391. The number of fused-ring (bicyclic) bond motifs is 5. The zero-order chi connectivity index (χ0) is 21.8. The molecule has 174 valence electrons. The van der Waals surface area contributed by atoms with Crippen molar-refractivity contribution in [3.63, 3.8) is 0 Å². The molecule has 3 nitrogen and oxygen atoms in total. The number of aromatic hydroxyl groups is 1. The molecular weight excluding hydrogens is 382 g/mol. The van der Waals surface area contributed by atoms with E-state index in [1.807, 2.05) is 19.2 Å². The van der Waals surface area contributed by atoms with Crippen LogP contribution in [-0.4, -0.2) is 29.9 Å². The number of unbranched alkanes of at least 4 members (excludes halogenated alkanes) is 6. The Balaban J connectivity index is 1.39. The van der Waals surface area contributed by atoms with Gasteiger partial charge in [0.05, 0.1) is 6.10 Å². The van der Waals surface area contributed by atoms with E-state index in [0.717, 1.165) is 31.7 Å². The molecule has 3 aliphatic rings. The molecule has 2 saturated carbocycles. The number of nitrogens with one attached hydrogen (secondary N) is 1. The Morgan fingerprint density at radius 2 is 1.74 bits per heavy atom. The van der Waals surface area contributed by atoms with Gasteiger partial charge < -0.3 is 15.5 Å². The summed E-state index contributed by atoms with van der Waals surface area (Å²) in [5.41, 5.74) is 3.03. The van der Waals surface area contributed by atoms with Crippen LogP contribution in [0.3, 0.4) is 0 Å². The fourth-order valence-corrected chi connectivity index (χ4v) is 7.62. The highest BCUT2D eigenvalue weighted by Gasteiger charge is 2.56. The van der Waals surface area contributed by atoms with Gasteiger partial charge in [0.1, 0.15) is 5.75 Å². The van der Waals surface area contributed by atoms with Crippen molar-refractivity contribution in [2.45, 2.75) is 102 Å². The smallest absolute Gasteiger partial charge is 0.115 e. The number of aliphatic hydroxyl groups is 1. The van der Waals surface area contributed by atoms with Crippen molar-refractivity contribution in [1.82, 2.24) is 5.32 Å². The normalized spacial score (nSPS) is 34.2. The van der Waals surface area contributed by atoms with Gasteiger partial charge in [-0.15, -0.1) is 0 Å². The Bertz CT molecular complexity index is 719. The summed E-state index contributed by atoms with van der Waals surface area (Å²) in [6.45, 7) is 3.53. The van der Waals surface area contributed by atoms with E-state index >= 15 is 0 Å². The van der Waals surface area contributed by atoms with Gasteiger partial charge in [0.25, 0.3) is 0 Å². The topological polar surface area (TPSA) is 52.5 Å². The van der Waals surface area contributed by atoms with E-state index < -0.39 is 0 Å². The number of benzene rings is 1. The van der Waals surface area contributed by atoms with Crippen LogP contribution in [-0.2, 0) is 6.42 Å². The summed E-state index contributed by atoms with van der Waals surface area (Å²) in [4.78, 5) is 0. The third kappa shape index (κ3) is 4.83. The summed E-state index contributed by atoms with van der Waals surface area (Å²) in [7, 11) is 2.04. The molecule has 0 saturated heterocycles. The van der Waals surface area contributed by atoms with Crippen molar-refractivity contribution in [2.24, 2.45) is 23.2 Å². The van der Waals surface area contributed by atoms with Crippen LogP contribution in [0.15, 0.2) is 18.2 Å². The predicted octanol–water partition coefficient (Wildman–Crippen LogP) is 6.18. The molecule has 0 heterocycles. The highest BCUT2D eigenvalue weighted by atomic mass is 16.3. The number of rotatable bonds is 10. The number of hydrogen-bond donors (Lipinski definition) is 3. The van der Waals surface area contributed by atoms with Gasteiger partial charge in [0.15, 0.2) is 0 Å². The minimum atomic E-state index is -0.108. The van der Waals surface area contributed by atoms with Crippen LogP contribution >= 0.6 is 0 Å². The molecule has 0 spiro atoms. The van der Waals surface area contributed by atoms with Crippen molar-refractivity contribution in [1.29, 1.82) is 0 Å². The third-order valence-corrected chi connectivity index (χ3v) is 9.34. The Kier molecular flexibility index (Phi) is 7.64. The van der Waals surface area contributed by atoms with E-state index in [2.05, 4.69) is 18.3 Å². The van der Waals surface area contributed by atoms with Crippen LogP contribution in [0.5, 0.6) is 5.75 Å². The average molecular weight is 428 g/mol. The van der Waals surface area contributed by atoms with Crippen molar-refractivity contribution in [2.75, 3.05) is 13.6 Å². The summed E-state index contributed by atoms with van der Waals surface area (Å²) < 4.78 is 0. The van der Waals surface area contributed by atoms with Crippen molar-refractivity contribution >= 4 is 0 Å². The molecule has 3 heteroatoms. The van der Waals surface area contributed by atoms with Gasteiger partial charge in [-0.05, 0) is 111 Å². The molecular formula is C28H45NO2. The molecule has 1 aromatic carbocycles. The number of phenols is 1. The molecule has 3 N–H and O–H groups in total. The Labute approximate surface area is 190 Å². The minimum absolute atomic E-state index is 0.108.